The highest BCUT2D eigenvalue weighted by molar-refractivity contribution is 5.95. The molecule has 0 saturated heterocycles. The fourth-order valence-electron chi connectivity index (χ4n) is 1.16. The quantitative estimate of drug-likeness (QED) is 0.533. The van der Waals surface area contributed by atoms with Crippen molar-refractivity contribution in [2.45, 2.75) is 6.54 Å². The van der Waals surface area contributed by atoms with Crippen LogP contribution in [-0.4, -0.2) is 16.2 Å². The maximum absolute atomic E-state index is 10.9. The summed E-state index contributed by atoms with van der Waals surface area (Å²) in [6, 6.07) is 0. The molecule has 0 atom stereocenters. The Bertz CT molecular complexity index is 372. The third kappa shape index (κ3) is 0.868. The molecule has 2 N–H and O–H groups in total. The summed E-state index contributed by atoms with van der Waals surface area (Å²) in [5.41, 5.74) is 6.28. The first kappa shape index (κ1) is 6.90. The van der Waals surface area contributed by atoms with Gasteiger partial charge >= 0.3 is 0 Å². The van der Waals surface area contributed by atoms with Crippen molar-refractivity contribution in [2.75, 3.05) is 0 Å². The van der Waals surface area contributed by atoms with Crippen LogP contribution in [0.2, 0.25) is 0 Å². The van der Waals surface area contributed by atoms with Crippen LogP contribution in [-0.2, 0) is 6.54 Å². The fourth-order valence-corrected chi connectivity index (χ4v) is 1.16. The van der Waals surface area contributed by atoms with Gasteiger partial charge in [-0.3, -0.25) is 4.79 Å². The van der Waals surface area contributed by atoms with E-state index in [4.69, 9.17) is 5.73 Å². The smallest absolute Gasteiger partial charge is 0.257 e. The molecule has 0 aliphatic carbocycles. The molecule has 0 unspecified atom stereocenters. The summed E-state index contributed by atoms with van der Waals surface area (Å²) >= 11 is 0. The minimum atomic E-state index is -0.472. The molecule has 0 aromatic carbocycles. The molecule has 0 radical (unpaired) electrons. The highest BCUT2D eigenvalue weighted by atomic mass is 16.1. The molecule has 0 bridgehead atoms. The summed E-state index contributed by atoms with van der Waals surface area (Å²) in [4.78, 5) is 10.9. The lowest BCUT2D eigenvalue weighted by molar-refractivity contribution is -0.748. The van der Waals surface area contributed by atoms with Gasteiger partial charge in [-0.1, -0.05) is 0 Å². The van der Waals surface area contributed by atoms with Gasteiger partial charge < -0.3 is 5.73 Å². The number of carbonyl (C=O) groups excluding carboxylic acids is 1. The molecule has 1 aliphatic rings. The number of rotatable bonds is 1. The van der Waals surface area contributed by atoms with Crippen LogP contribution in [0.25, 0.3) is 6.08 Å². The number of hydrogen-bond donors (Lipinski definition) is 1. The maximum atomic E-state index is 10.9. The van der Waals surface area contributed by atoms with Crippen molar-refractivity contribution >= 4 is 12.0 Å². The second kappa shape index (κ2) is 2.37. The van der Waals surface area contributed by atoms with Crippen molar-refractivity contribution in [2.24, 2.45) is 5.73 Å². The van der Waals surface area contributed by atoms with E-state index < -0.39 is 5.91 Å². The molecular formula is C7H7N4O+. The third-order valence-electron chi connectivity index (χ3n) is 1.72. The highest BCUT2D eigenvalue weighted by Gasteiger charge is 2.20. The largest absolute Gasteiger partial charge is 0.365 e. The van der Waals surface area contributed by atoms with Gasteiger partial charge in [-0.15, -0.1) is 4.68 Å². The number of nitrogens with two attached hydrogens (primary N) is 1. The molecule has 1 aromatic heterocycles. The van der Waals surface area contributed by atoms with E-state index in [1.54, 1.807) is 4.68 Å². The van der Waals surface area contributed by atoms with E-state index in [1.165, 1.54) is 6.20 Å². The minimum Gasteiger partial charge on any atom is -0.365 e. The average Bonchev–Trinajstić information content (AvgIpc) is 2.49. The van der Waals surface area contributed by atoms with Gasteiger partial charge in [0, 0.05) is 0 Å². The Morgan fingerprint density at radius 3 is 3.25 bits per heavy atom. The lowest BCUT2D eigenvalue weighted by Gasteiger charge is -1.94. The lowest BCUT2D eigenvalue weighted by atomic mass is 10.2. The van der Waals surface area contributed by atoms with Gasteiger partial charge in [-0.05, 0) is 12.2 Å². The number of amides is 1. The van der Waals surface area contributed by atoms with E-state index in [2.05, 4.69) is 10.3 Å². The van der Waals surface area contributed by atoms with Crippen molar-refractivity contribution in [3.8, 4) is 0 Å². The van der Waals surface area contributed by atoms with Crippen LogP contribution in [0.15, 0.2) is 12.3 Å². The van der Waals surface area contributed by atoms with Crippen LogP contribution in [0.1, 0.15) is 16.1 Å². The fraction of sp³-hybridized carbons (Fsp3) is 0.143. The third-order valence-corrected chi connectivity index (χ3v) is 1.72. The molecule has 5 heteroatoms. The first-order valence-electron chi connectivity index (χ1n) is 3.51. The molecule has 5 nitrogen and oxygen atoms in total. The van der Waals surface area contributed by atoms with Crippen LogP contribution >= 0.6 is 0 Å². The second-order valence-corrected chi connectivity index (χ2v) is 2.48. The molecule has 0 spiro atoms. The van der Waals surface area contributed by atoms with Crippen molar-refractivity contribution in [1.82, 2.24) is 10.3 Å². The molecule has 2 rings (SSSR count). The van der Waals surface area contributed by atoms with Crippen molar-refractivity contribution in [1.29, 1.82) is 0 Å². The number of primary amides is 1. The highest BCUT2D eigenvalue weighted by Crippen LogP contribution is 2.06. The van der Waals surface area contributed by atoms with Crippen molar-refractivity contribution in [3.63, 3.8) is 0 Å². The molecule has 12 heavy (non-hydrogen) atoms. The molecule has 0 fully saturated rings. The number of carbonyl (C=O) groups is 1. The topological polar surface area (TPSA) is 72.8 Å². The molecule has 1 aliphatic heterocycles. The van der Waals surface area contributed by atoms with E-state index in [0.29, 0.717) is 12.1 Å². The van der Waals surface area contributed by atoms with Crippen molar-refractivity contribution in [3.05, 3.63) is 23.5 Å². The van der Waals surface area contributed by atoms with Gasteiger partial charge in [-0.25, -0.2) is 0 Å². The van der Waals surface area contributed by atoms with Gasteiger partial charge in [0.2, 0.25) is 0 Å². The zero-order valence-electron chi connectivity index (χ0n) is 6.27. The predicted molar refractivity (Wildman–Crippen MR) is 39.8 cm³/mol. The predicted octanol–water partition coefficient (Wildman–Crippen LogP) is -1.11. The Balaban J connectivity index is 2.63. The number of nitrogens with zero attached hydrogens (tertiary/aromatic N) is 3. The minimum absolute atomic E-state index is 0.416. The zero-order chi connectivity index (χ0) is 8.55. The molecular weight excluding hydrogens is 156 g/mol. The van der Waals surface area contributed by atoms with Crippen molar-refractivity contribution < 1.29 is 9.48 Å². The summed E-state index contributed by atoms with van der Waals surface area (Å²) in [5.74, 6) is -0.472. The van der Waals surface area contributed by atoms with Gasteiger partial charge in [0.15, 0.2) is 11.9 Å². The summed E-state index contributed by atoms with van der Waals surface area (Å²) in [6.07, 6.45) is 5.09. The average molecular weight is 163 g/mol. The maximum Gasteiger partial charge on any atom is 0.257 e. The van der Waals surface area contributed by atoms with Gasteiger partial charge in [0.1, 0.15) is 17.3 Å². The molecule has 60 valence electrons. The SMILES string of the molecule is NC(=O)c1cnn[n+]2c1C=CC2. The van der Waals surface area contributed by atoms with Crippen LogP contribution in [0.5, 0.6) is 0 Å². The summed E-state index contributed by atoms with van der Waals surface area (Å²) in [5, 5.41) is 7.45. The van der Waals surface area contributed by atoms with E-state index in [9.17, 15) is 4.79 Å². The van der Waals surface area contributed by atoms with E-state index in [-0.39, 0.29) is 0 Å². The Morgan fingerprint density at radius 1 is 1.67 bits per heavy atom. The second-order valence-electron chi connectivity index (χ2n) is 2.48. The number of fused-ring (bicyclic) bond motifs is 1. The van der Waals surface area contributed by atoms with Gasteiger partial charge in [-0.2, -0.15) is 0 Å². The molecule has 1 aromatic rings. The molecule has 1 amide bonds. The van der Waals surface area contributed by atoms with Crippen LogP contribution in [0, 0.1) is 0 Å². The Labute approximate surface area is 68.5 Å². The van der Waals surface area contributed by atoms with E-state index >= 15 is 0 Å². The summed E-state index contributed by atoms with van der Waals surface area (Å²) < 4.78 is 1.63. The van der Waals surface area contributed by atoms with Crippen LogP contribution in [0.4, 0.5) is 0 Å². The zero-order valence-corrected chi connectivity index (χ0v) is 6.27. The van der Waals surface area contributed by atoms with Crippen LogP contribution < -0.4 is 10.4 Å². The van der Waals surface area contributed by atoms with Crippen LogP contribution in [0.3, 0.4) is 0 Å². The standard InChI is InChI=1S/C7H6N4O/c8-7(12)5-4-9-10-11-3-1-2-6(5)11/h1-2,4H,3H2,(H-,8,12)/p+1. The number of aromatic nitrogens is 3. The summed E-state index contributed by atoms with van der Waals surface area (Å²) in [7, 11) is 0. The van der Waals surface area contributed by atoms with E-state index in [0.717, 1.165) is 5.69 Å². The monoisotopic (exact) mass is 163 g/mol. The Hall–Kier alpha value is -1.78. The molecule has 2 heterocycles. The Kier molecular flexibility index (Phi) is 1.36. The number of hydrogen-bond acceptors (Lipinski definition) is 3. The number of allylic oxidation sites excluding steroid dienone is 1. The first-order valence-corrected chi connectivity index (χ1v) is 3.51. The Morgan fingerprint density at radius 2 is 2.50 bits per heavy atom. The first-order chi connectivity index (χ1) is 5.79. The lowest BCUT2D eigenvalue weighted by Crippen LogP contribution is -2.40. The van der Waals surface area contributed by atoms with E-state index in [1.807, 2.05) is 12.2 Å². The summed E-state index contributed by atoms with van der Waals surface area (Å²) in [6.45, 7) is 0.656. The molecule has 0 saturated carbocycles. The van der Waals surface area contributed by atoms with Gasteiger partial charge in [0.25, 0.3) is 5.91 Å². The van der Waals surface area contributed by atoms with Gasteiger partial charge in [0.05, 0.1) is 5.10 Å². The normalized spacial score (nSPS) is 13.0.